The van der Waals surface area contributed by atoms with Crippen molar-refractivity contribution in [2.24, 2.45) is 0 Å². The molecule has 0 aliphatic rings. The Morgan fingerprint density at radius 1 is 1.44 bits per heavy atom. The number of hydrogen-bond acceptors (Lipinski definition) is 5. The normalized spacial score (nSPS) is 12.4. The third-order valence-corrected chi connectivity index (χ3v) is 2.75. The van der Waals surface area contributed by atoms with Crippen LogP contribution in [0.2, 0.25) is 5.02 Å². The Morgan fingerprint density at radius 2 is 2.28 bits per heavy atom. The molecule has 0 spiro atoms. The number of nitrogens with one attached hydrogen (secondary N) is 1. The largest absolute Gasteiger partial charge is 0.443 e. The quantitative estimate of drug-likeness (QED) is 0.770. The third-order valence-electron chi connectivity index (χ3n) is 2.42. The number of nitrogens with zero attached hydrogens (tertiary/aromatic N) is 1. The van der Waals surface area contributed by atoms with Crippen LogP contribution in [-0.2, 0) is 0 Å². The van der Waals surface area contributed by atoms with Gasteiger partial charge in [0.2, 0.25) is 0 Å². The summed E-state index contributed by atoms with van der Waals surface area (Å²) in [7, 11) is 0. The molecule has 1 unspecified atom stereocenters. The van der Waals surface area contributed by atoms with Crippen LogP contribution >= 0.6 is 11.6 Å². The van der Waals surface area contributed by atoms with Crippen LogP contribution in [-0.4, -0.2) is 34.5 Å². The topological polar surface area (TPSA) is 78.5 Å². The minimum atomic E-state index is -0.797. The number of oxazole rings is 1. The number of rotatable bonds is 5. The Morgan fingerprint density at radius 3 is 2.94 bits per heavy atom. The molecule has 0 fully saturated rings. The van der Waals surface area contributed by atoms with E-state index in [1.165, 1.54) is 6.39 Å². The molecule has 0 saturated carbocycles. The van der Waals surface area contributed by atoms with Crippen molar-refractivity contribution >= 4 is 17.3 Å². The van der Waals surface area contributed by atoms with Gasteiger partial charge < -0.3 is 19.9 Å². The molecule has 0 aliphatic carbocycles. The van der Waals surface area contributed by atoms with Crippen molar-refractivity contribution in [2.45, 2.75) is 6.10 Å². The van der Waals surface area contributed by atoms with Gasteiger partial charge in [0.05, 0.1) is 23.9 Å². The van der Waals surface area contributed by atoms with Gasteiger partial charge in [0, 0.05) is 17.8 Å². The third kappa shape index (κ3) is 3.01. The van der Waals surface area contributed by atoms with E-state index in [1.54, 1.807) is 24.4 Å². The van der Waals surface area contributed by atoms with Crippen molar-refractivity contribution in [3.8, 4) is 11.3 Å². The van der Waals surface area contributed by atoms with Crippen molar-refractivity contribution in [1.29, 1.82) is 0 Å². The van der Waals surface area contributed by atoms with E-state index < -0.39 is 6.10 Å². The zero-order valence-corrected chi connectivity index (χ0v) is 10.3. The second-order valence-electron chi connectivity index (χ2n) is 3.78. The van der Waals surface area contributed by atoms with E-state index in [0.29, 0.717) is 10.8 Å². The van der Waals surface area contributed by atoms with Gasteiger partial charge in [0.15, 0.2) is 12.2 Å². The lowest BCUT2D eigenvalue weighted by molar-refractivity contribution is 0.105. The summed E-state index contributed by atoms with van der Waals surface area (Å²) in [5.41, 5.74) is 1.50. The van der Waals surface area contributed by atoms with Gasteiger partial charge in [-0.1, -0.05) is 11.6 Å². The predicted molar refractivity (Wildman–Crippen MR) is 68.5 cm³/mol. The lowest BCUT2D eigenvalue weighted by atomic mass is 10.1. The molecule has 2 aromatic rings. The summed E-state index contributed by atoms with van der Waals surface area (Å²) in [4.78, 5) is 3.84. The number of benzene rings is 1. The maximum Gasteiger partial charge on any atom is 0.181 e. The minimum absolute atomic E-state index is 0.258. The van der Waals surface area contributed by atoms with E-state index >= 15 is 0 Å². The molecule has 3 N–H and O–H groups in total. The fraction of sp³-hybridized carbons (Fsp3) is 0.250. The molecular formula is C12H13ClN2O3. The smallest absolute Gasteiger partial charge is 0.181 e. The molecule has 1 heterocycles. The first-order chi connectivity index (χ1) is 8.70. The molecule has 96 valence electrons. The number of aliphatic hydroxyl groups excluding tert-OH is 2. The molecule has 0 amide bonds. The summed E-state index contributed by atoms with van der Waals surface area (Å²) in [5, 5.41) is 21.5. The number of hydrogen-bond donors (Lipinski definition) is 3. The Labute approximate surface area is 109 Å². The van der Waals surface area contributed by atoms with E-state index in [-0.39, 0.29) is 13.2 Å². The zero-order chi connectivity index (χ0) is 13.0. The highest BCUT2D eigenvalue weighted by Crippen LogP contribution is 2.30. The monoisotopic (exact) mass is 268 g/mol. The Hall–Kier alpha value is -1.56. The molecule has 1 aromatic heterocycles. The molecule has 2 rings (SSSR count). The van der Waals surface area contributed by atoms with Crippen molar-refractivity contribution < 1.29 is 14.6 Å². The lowest BCUT2D eigenvalue weighted by Gasteiger charge is -2.11. The Kier molecular flexibility index (Phi) is 4.19. The molecule has 0 aliphatic heterocycles. The molecule has 18 heavy (non-hydrogen) atoms. The van der Waals surface area contributed by atoms with Crippen LogP contribution in [0.1, 0.15) is 0 Å². The van der Waals surface area contributed by atoms with Crippen LogP contribution in [0.5, 0.6) is 0 Å². The fourth-order valence-electron chi connectivity index (χ4n) is 1.47. The second-order valence-corrected chi connectivity index (χ2v) is 4.18. The molecule has 0 saturated heterocycles. The molecule has 1 aromatic carbocycles. The SMILES string of the molecule is OCC(O)CNc1ccc(Cl)c(-c2cnco2)c1. The van der Waals surface area contributed by atoms with Crippen LogP contribution in [0.4, 0.5) is 5.69 Å². The first-order valence-corrected chi connectivity index (χ1v) is 5.79. The Bertz CT molecular complexity index is 502. The summed E-state index contributed by atoms with van der Waals surface area (Å²) in [5.74, 6) is 0.575. The van der Waals surface area contributed by atoms with Gasteiger partial charge in [-0.25, -0.2) is 4.98 Å². The highest BCUT2D eigenvalue weighted by molar-refractivity contribution is 6.33. The summed E-state index contributed by atoms with van der Waals surface area (Å²) in [6, 6.07) is 5.31. The maximum absolute atomic E-state index is 9.26. The molecule has 0 bridgehead atoms. The van der Waals surface area contributed by atoms with E-state index in [0.717, 1.165) is 11.3 Å². The van der Waals surface area contributed by atoms with Gasteiger partial charge in [0.25, 0.3) is 0 Å². The number of halogens is 1. The van der Waals surface area contributed by atoms with E-state index in [9.17, 15) is 5.11 Å². The number of anilines is 1. The van der Waals surface area contributed by atoms with Gasteiger partial charge in [-0.15, -0.1) is 0 Å². The first-order valence-electron chi connectivity index (χ1n) is 5.42. The average molecular weight is 269 g/mol. The molecule has 5 nitrogen and oxygen atoms in total. The summed E-state index contributed by atoms with van der Waals surface area (Å²) in [6.45, 7) is -0.0243. The van der Waals surface area contributed by atoms with Crippen molar-refractivity contribution in [3.05, 3.63) is 35.8 Å². The van der Waals surface area contributed by atoms with Gasteiger partial charge in [0.1, 0.15) is 0 Å². The van der Waals surface area contributed by atoms with Gasteiger partial charge in [-0.3, -0.25) is 0 Å². The van der Waals surface area contributed by atoms with E-state index in [4.69, 9.17) is 21.1 Å². The Balaban J connectivity index is 2.17. The summed E-state index contributed by atoms with van der Waals surface area (Å²) in [6.07, 6.45) is 2.11. The first kappa shape index (κ1) is 12.9. The number of aromatic nitrogens is 1. The lowest BCUT2D eigenvalue weighted by Crippen LogP contribution is -2.22. The maximum atomic E-state index is 9.26. The van der Waals surface area contributed by atoms with Crippen LogP contribution < -0.4 is 5.32 Å². The van der Waals surface area contributed by atoms with Crippen LogP contribution in [0, 0.1) is 0 Å². The number of aliphatic hydroxyl groups is 2. The van der Waals surface area contributed by atoms with E-state index in [1.807, 2.05) is 0 Å². The van der Waals surface area contributed by atoms with Crippen LogP contribution in [0.25, 0.3) is 11.3 Å². The predicted octanol–water partition coefficient (Wildman–Crippen LogP) is 1.76. The highest BCUT2D eigenvalue weighted by Gasteiger charge is 2.08. The molecular weight excluding hydrogens is 256 g/mol. The van der Waals surface area contributed by atoms with Crippen molar-refractivity contribution in [2.75, 3.05) is 18.5 Å². The standard InChI is InChI=1S/C12H13ClN2O3/c13-11-2-1-8(15-4-9(17)6-16)3-10(11)12-5-14-7-18-12/h1-3,5,7,9,15-17H,4,6H2. The highest BCUT2D eigenvalue weighted by atomic mass is 35.5. The molecule has 0 radical (unpaired) electrons. The van der Waals surface area contributed by atoms with Crippen LogP contribution in [0.15, 0.2) is 35.2 Å². The summed E-state index contributed by atoms with van der Waals surface area (Å²) < 4.78 is 5.19. The van der Waals surface area contributed by atoms with Gasteiger partial charge in [-0.2, -0.15) is 0 Å². The fourth-order valence-corrected chi connectivity index (χ4v) is 1.68. The molecule has 6 heteroatoms. The van der Waals surface area contributed by atoms with Gasteiger partial charge in [-0.05, 0) is 18.2 Å². The van der Waals surface area contributed by atoms with Gasteiger partial charge >= 0.3 is 0 Å². The van der Waals surface area contributed by atoms with Crippen molar-refractivity contribution in [3.63, 3.8) is 0 Å². The molecule has 1 atom stereocenters. The average Bonchev–Trinajstić information content (AvgIpc) is 2.91. The summed E-state index contributed by atoms with van der Waals surface area (Å²) >= 11 is 6.07. The zero-order valence-electron chi connectivity index (χ0n) is 9.51. The van der Waals surface area contributed by atoms with E-state index in [2.05, 4.69) is 10.3 Å². The minimum Gasteiger partial charge on any atom is -0.443 e. The van der Waals surface area contributed by atoms with Crippen LogP contribution in [0.3, 0.4) is 0 Å². The van der Waals surface area contributed by atoms with Crippen molar-refractivity contribution in [1.82, 2.24) is 4.98 Å². The second kappa shape index (κ2) is 5.86.